The van der Waals surface area contributed by atoms with Crippen LogP contribution in [0.4, 0.5) is 0 Å². The zero-order valence-corrected chi connectivity index (χ0v) is 10.8. The Morgan fingerprint density at radius 1 is 1.50 bits per heavy atom. The molecule has 0 spiro atoms. The van der Waals surface area contributed by atoms with Crippen LogP contribution in [0.2, 0.25) is 0 Å². The van der Waals surface area contributed by atoms with Gasteiger partial charge in [-0.1, -0.05) is 0 Å². The van der Waals surface area contributed by atoms with Crippen LogP contribution in [0.15, 0.2) is 26.9 Å². The largest absolute Gasteiger partial charge is 0.392 e. The lowest BCUT2D eigenvalue weighted by atomic mass is 10.1. The first-order valence-corrected chi connectivity index (χ1v) is 7.01. The average molecular weight is 289 g/mol. The van der Waals surface area contributed by atoms with Gasteiger partial charge >= 0.3 is 0 Å². The summed E-state index contributed by atoms with van der Waals surface area (Å²) in [7, 11) is 0. The zero-order chi connectivity index (χ0) is 10.1. The van der Waals surface area contributed by atoms with Gasteiger partial charge in [0.25, 0.3) is 0 Å². The van der Waals surface area contributed by atoms with Crippen LogP contribution in [0.5, 0.6) is 0 Å². The van der Waals surface area contributed by atoms with Gasteiger partial charge < -0.3 is 5.11 Å². The van der Waals surface area contributed by atoms with Crippen molar-refractivity contribution in [3.8, 4) is 0 Å². The molecule has 1 aromatic heterocycles. The highest BCUT2D eigenvalue weighted by molar-refractivity contribution is 9.10. The molecule has 0 aliphatic rings. The molecule has 14 heavy (non-hydrogen) atoms. The summed E-state index contributed by atoms with van der Waals surface area (Å²) in [6.07, 6.45) is 2.03. The maximum absolute atomic E-state index is 9.36. The number of hydrogen-bond acceptors (Lipinski definition) is 3. The number of halogens is 1. The minimum absolute atomic E-state index is 0.100. The van der Waals surface area contributed by atoms with Gasteiger partial charge in [-0.2, -0.15) is 0 Å². The van der Waals surface area contributed by atoms with E-state index in [0.717, 1.165) is 20.3 Å². The number of thiophene rings is 1. The Labute approximate surface area is 99.3 Å². The Bertz CT molecular complexity index is 464. The zero-order valence-electron chi connectivity index (χ0n) is 7.58. The third-order valence-corrected chi connectivity index (χ3v) is 4.84. The second-order valence-electron chi connectivity index (χ2n) is 2.86. The summed E-state index contributed by atoms with van der Waals surface area (Å²) in [5, 5.41) is 12.6. The van der Waals surface area contributed by atoms with E-state index in [-0.39, 0.29) is 6.61 Å². The standard InChI is InChI=1S/C10H9BrOS2/c1-13-8-2-3-9-10(6(8)4-12)7(11)5-14-9/h2-3,5,12H,4H2,1H3. The van der Waals surface area contributed by atoms with Crippen LogP contribution in [0, 0.1) is 0 Å². The van der Waals surface area contributed by atoms with Crippen molar-refractivity contribution in [3.63, 3.8) is 0 Å². The van der Waals surface area contributed by atoms with Crippen LogP contribution in [-0.2, 0) is 6.61 Å². The Morgan fingerprint density at radius 3 is 2.93 bits per heavy atom. The van der Waals surface area contributed by atoms with Crippen molar-refractivity contribution in [2.24, 2.45) is 0 Å². The molecule has 4 heteroatoms. The topological polar surface area (TPSA) is 20.2 Å². The molecular weight excluding hydrogens is 280 g/mol. The molecule has 1 aromatic carbocycles. The lowest BCUT2D eigenvalue weighted by Gasteiger charge is -2.06. The fourth-order valence-corrected chi connectivity index (χ4v) is 3.82. The number of hydrogen-bond donors (Lipinski definition) is 1. The highest BCUT2D eigenvalue weighted by atomic mass is 79.9. The van der Waals surface area contributed by atoms with Crippen molar-refractivity contribution >= 4 is 49.1 Å². The molecule has 2 aromatic rings. The van der Waals surface area contributed by atoms with Gasteiger partial charge in [-0.15, -0.1) is 23.1 Å². The molecule has 0 saturated carbocycles. The molecule has 0 radical (unpaired) electrons. The van der Waals surface area contributed by atoms with Crippen LogP contribution < -0.4 is 0 Å². The third-order valence-electron chi connectivity index (χ3n) is 2.14. The summed E-state index contributed by atoms with van der Waals surface area (Å²) in [4.78, 5) is 1.15. The molecule has 0 fully saturated rings. The van der Waals surface area contributed by atoms with E-state index in [1.807, 2.05) is 6.26 Å². The number of aliphatic hydroxyl groups excluding tert-OH is 1. The van der Waals surface area contributed by atoms with Gasteiger partial charge in [-0.3, -0.25) is 0 Å². The minimum atomic E-state index is 0.100. The van der Waals surface area contributed by atoms with E-state index >= 15 is 0 Å². The van der Waals surface area contributed by atoms with Crippen LogP contribution in [0.1, 0.15) is 5.56 Å². The fraction of sp³-hybridized carbons (Fsp3) is 0.200. The smallest absolute Gasteiger partial charge is 0.0699 e. The molecule has 74 valence electrons. The molecular formula is C10H9BrOS2. The summed E-state index contributed by atoms with van der Waals surface area (Å²) in [5.74, 6) is 0. The van der Waals surface area contributed by atoms with Crippen molar-refractivity contribution in [1.29, 1.82) is 0 Å². The second-order valence-corrected chi connectivity index (χ2v) is 5.47. The van der Waals surface area contributed by atoms with Gasteiger partial charge in [-0.25, -0.2) is 0 Å². The molecule has 0 amide bonds. The van der Waals surface area contributed by atoms with Crippen molar-refractivity contribution in [2.75, 3.05) is 6.26 Å². The van der Waals surface area contributed by atoms with Crippen molar-refractivity contribution in [2.45, 2.75) is 11.5 Å². The first-order chi connectivity index (χ1) is 6.77. The fourth-order valence-electron chi connectivity index (χ4n) is 1.49. The summed E-state index contributed by atoms with van der Waals surface area (Å²) < 4.78 is 2.30. The SMILES string of the molecule is CSc1ccc2scc(Br)c2c1CO. The molecule has 0 bridgehead atoms. The number of fused-ring (bicyclic) bond motifs is 1. The maximum Gasteiger partial charge on any atom is 0.0699 e. The first kappa shape index (κ1) is 10.5. The molecule has 0 aliphatic heterocycles. The Morgan fingerprint density at radius 2 is 2.29 bits per heavy atom. The lowest BCUT2D eigenvalue weighted by molar-refractivity contribution is 0.280. The average Bonchev–Trinajstić information content (AvgIpc) is 2.59. The molecule has 0 atom stereocenters. The monoisotopic (exact) mass is 288 g/mol. The van der Waals surface area contributed by atoms with Crippen LogP contribution >= 0.6 is 39.0 Å². The maximum atomic E-state index is 9.36. The molecule has 1 nitrogen and oxygen atoms in total. The van der Waals surface area contributed by atoms with Gasteiger partial charge in [0.2, 0.25) is 0 Å². The van der Waals surface area contributed by atoms with Gasteiger partial charge in [-0.05, 0) is 34.3 Å². The predicted molar refractivity (Wildman–Crippen MR) is 67.2 cm³/mol. The van der Waals surface area contributed by atoms with Gasteiger partial charge in [0.05, 0.1) is 6.61 Å². The van der Waals surface area contributed by atoms with Crippen molar-refractivity contribution in [1.82, 2.24) is 0 Å². The van der Waals surface area contributed by atoms with E-state index in [2.05, 4.69) is 33.4 Å². The molecule has 0 saturated heterocycles. The van der Waals surface area contributed by atoms with Crippen molar-refractivity contribution < 1.29 is 5.11 Å². The molecule has 0 aliphatic carbocycles. The van der Waals surface area contributed by atoms with Gasteiger partial charge in [0.15, 0.2) is 0 Å². The minimum Gasteiger partial charge on any atom is -0.392 e. The highest BCUT2D eigenvalue weighted by Crippen LogP contribution is 2.37. The number of aliphatic hydroxyl groups is 1. The second kappa shape index (κ2) is 4.23. The van der Waals surface area contributed by atoms with E-state index in [1.165, 1.54) is 4.70 Å². The Hall–Kier alpha value is -0.0300. The normalized spacial score (nSPS) is 11.1. The first-order valence-electron chi connectivity index (χ1n) is 4.11. The highest BCUT2D eigenvalue weighted by Gasteiger charge is 2.10. The van der Waals surface area contributed by atoms with E-state index in [9.17, 15) is 5.11 Å². The van der Waals surface area contributed by atoms with Gasteiger partial charge in [0.1, 0.15) is 0 Å². The summed E-state index contributed by atoms with van der Waals surface area (Å²) in [6, 6.07) is 4.18. The molecule has 2 rings (SSSR count). The van der Waals surface area contributed by atoms with Crippen LogP contribution in [0.25, 0.3) is 10.1 Å². The van der Waals surface area contributed by atoms with E-state index in [1.54, 1.807) is 23.1 Å². The summed E-state index contributed by atoms with van der Waals surface area (Å²) in [5.41, 5.74) is 1.03. The predicted octanol–water partition coefficient (Wildman–Crippen LogP) is 3.88. The number of benzene rings is 1. The van der Waals surface area contributed by atoms with E-state index in [0.29, 0.717) is 0 Å². The van der Waals surface area contributed by atoms with Crippen LogP contribution in [-0.4, -0.2) is 11.4 Å². The molecule has 0 unspecified atom stereocenters. The number of thioether (sulfide) groups is 1. The van der Waals surface area contributed by atoms with Crippen molar-refractivity contribution in [3.05, 3.63) is 27.5 Å². The summed E-state index contributed by atoms with van der Waals surface area (Å²) >= 11 is 6.88. The Kier molecular flexibility index (Phi) is 3.17. The van der Waals surface area contributed by atoms with Gasteiger partial charge in [0, 0.05) is 30.4 Å². The lowest BCUT2D eigenvalue weighted by Crippen LogP contribution is -1.88. The number of rotatable bonds is 2. The van der Waals surface area contributed by atoms with E-state index in [4.69, 9.17) is 0 Å². The Balaban J connectivity index is 2.81. The molecule has 1 heterocycles. The quantitative estimate of drug-likeness (QED) is 0.847. The van der Waals surface area contributed by atoms with Crippen LogP contribution in [0.3, 0.4) is 0 Å². The summed E-state index contributed by atoms with van der Waals surface area (Å²) in [6.45, 7) is 0.100. The third kappa shape index (κ3) is 1.60. The van der Waals surface area contributed by atoms with E-state index < -0.39 is 0 Å². The molecule has 1 N–H and O–H groups in total.